The molecular formula is C30H30FN3O3S. The number of amides is 1. The molecule has 1 amide bonds. The summed E-state index contributed by atoms with van der Waals surface area (Å²) in [6.07, 6.45) is 0. The number of benzene rings is 3. The van der Waals surface area contributed by atoms with E-state index in [1.807, 2.05) is 39.8 Å². The molecule has 1 N–H and O–H groups in total. The molecule has 4 aromatic rings. The van der Waals surface area contributed by atoms with E-state index in [2.05, 4.69) is 5.32 Å². The Bertz CT molecular complexity index is 1600. The van der Waals surface area contributed by atoms with Crippen molar-refractivity contribution in [3.05, 3.63) is 99.1 Å². The second-order valence-electron chi connectivity index (χ2n) is 9.77. The number of thioether (sulfide) groups is 1. The van der Waals surface area contributed by atoms with Gasteiger partial charge in [0, 0.05) is 17.7 Å². The number of rotatable bonds is 8. The molecule has 3 aromatic carbocycles. The second-order valence-corrected chi connectivity index (χ2v) is 11.1. The van der Waals surface area contributed by atoms with Crippen molar-refractivity contribution in [2.75, 3.05) is 6.54 Å². The van der Waals surface area contributed by atoms with E-state index in [4.69, 9.17) is 4.98 Å². The number of aromatic nitrogens is 2. The molecule has 6 nitrogen and oxygen atoms in total. The maximum absolute atomic E-state index is 14.1. The molecule has 0 aliphatic carbocycles. The van der Waals surface area contributed by atoms with E-state index >= 15 is 0 Å². The van der Waals surface area contributed by atoms with Crippen LogP contribution in [0.5, 0.6) is 0 Å². The van der Waals surface area contributed by atoms with Crippen LogP contribution in [0.4, 0.5) is 4.39 Å². The lowest BCUT2D eigenvalue weighted by molar-refractivity contribution is 0.0948. The van der Waals surface area contributed by atoms with Crippen LogP contribution < -0.4 is 10.9 Å². The molecule has 0 unspecified atom stereocenters. The third kappa shape index (κ3) is 5.86. The third-order valence-corrected chi connectivity index (χ3v) is 7.33. The molecule has 0 aliphatic heterocycles. The highest BCUT2D eigenvalue weighted by atomic mass is 32.2. The van der Waals surface area contributed by atoms with Crippen LogP contribution in [0.25, 0.3) is 16.6 Å². The minimum absolute atomic E-state index is 0.111. The van der Waals surface area contributed by atoms with Gasteiger partial charge in [0.1, 0.15) is 5.82 Å². The number of halogens is 1. The number of hydrogen-bond acceptors (Lipinski definition) is 5. The lowest BCUT2D eigenvalue weighted by Gasteiger charge is -2.17. The minimum atomic E-state index is -0.584. The van der Waals surface area contributed by atoms with Crippen molar-refractivity contribution >= 4 is 34.4 Å². The zero-order valence-corrected chi connectivity index (χ0v) is 22.9. The van der Waals surface area contributed by atoms with E-state index in [9.17, 15) is 18.8 Å². The molecule has 0 bridgehead atoms. The maximum Gasteiger partial charge on any atom is 0.266 e. The Morgan fingerprint density at radius 1 is 0.974 bits per heavy atom. The molecule has 1 heterocycles. The maximum atomic E-state index is 14.1. The molecular weight excluding hydrogens is 501 g/mol. The third-order valence-electron chi connectivity index (χ3n) is 6.28. The number of Topliss-reactive ketones (excluding diaryl/α,β-unsaturated/α-hetero) is 1. The summed E-state index contributed by atoms with van der Waals surface area (Å²) in [7, 11) is 0. The summed E-state index contributed by atoms with van der Waals surface area (Å²) in [5.41, 5.74) is 3.26. The van der Waals surface area contributed by atoms with Crippen molar-refractivity contribution in [2.45, 2.75) is 45.0 Å². The number of nitrogens with one attached hydrogen (secondary N) is 1. The van der Waals surface area contributed by atoms with Gasteiger partial charge in [0.25, 0.3) is 11.5 Å². The molecule has 196 valence electrons. The van der Waals surface area contributed by atoms with Gasteiger partial charge in [-0.3, -0.25) is 19.0 Å². The van der Waals surface area contributed by atoms with Crippen molar-refractivity contribution in [1.29, 1.82) is 0 Å². The molecule has 8 heteroatoms. The van der Waals surface area contributed by atoms with Gasteiger partial charge in [0.05, 0.1) is 21.8 Å². The SMILES string of the molecule is Cc1ccc(C(=O)[C@@H](C)Sc2nc3cc(C(=O)NCC(C)C)ccc3c(=O)n2-c2cccc(F)c2)cc1C. The predicted molar refractivity (Wildman–Crippen MR) is 150 cm³/mol. The number of ketones is 1. The molecule has 1 aromatic heterocycles. The number of aryl methyl sites for hydroxylation is 2. The van der Waals surface area contributed by atoms with Gasteiger partial charge in [-0.25, -0.2) is 9.37 Å². The van der Waals surface area contributed by atoms with Crippen LogP contribution in [0.2, 0.25) is 0 Å². The zero-order valence-electron chi connectivity index (χ0n) is 22.0. The van der Waals surface area contributed by atoms with Crippen LogP contribution in [0.3, 0.4) is 0 Å². The lowest BCUT2D eigenvalue weighted by atomic mass is 10.0. The molecule has 0 spiro atoms. The Balaban J connectivity index is 1.80. The van der Waals surface area contributed by atoms with Gasteiger partial charge in [0.15, 0.2) is 10.9 Å². The fraction of sp³-hybridized carbons (Fsp3) is 0.267. The first-order valence-electron chi connectivity index (χ1n) is 12.4. The number of hydrogen-bond donors (Lipinski definition) is 1. The van der Waals surface area contributed by atoms with Crippen molar-refractivity contribution in [3.8, 4) is 5.69 Å². The first-order valence-corrected chi connectivity index (χ1v) is 13.3. The van der Waals surface area contributed by atoms with Crippen molar-refractivity contribution in [3.63, 3.8) is 0 Å². The summed E-state index contributed by atoms with van der Waals surface area (Å²) in [6, 6.07) is 15.9. The quantitative estimate of drug-likeness (QED) is 0.174. The number of nitrogens with zero attached hydrogens (tertiary/aromatic N) is 2. The molecule has 0 fully saturated rings. The van der Waals surface area contributed by atoms with Crippen LogP contribution in [0.1, 0.15) is 52.6 Å². The molecule has 0 saturated heterocycles. The van der Waals surface area contributed by atoms with Crippen LogP contribution >= 0.6 is 11.8 Å². The number of fused-ring (bicyclic) bond motifs is 1. The van der Waals surface area contributed by atoms with E-state index in [1.54, 1.807) is 37.3 Å². The van der Waals surface area contributed by atoms with Gasteiger partial charge in [-0.15, -0.1) is 0 Å². The van der Waals surface area contributed by atoms with E-state index in [0.29, 0.717) is 28.9 Å². The summed E-state index contributed by atoms with van der Waals surface area (Å²) < 4.78 is 15.5. The summed E-state index contributed by atoms with van der Waals surface area (Å²) in [6.45, 7) is 10.2. The largest absolute Gasteiger partial charge is 0.352 e. The highest BCUT2D eigenvalue weighted by Gasteiger charge is 2.22. The lowest BCUT2D eigenvalue weighted by Crippen LogP contribution is -2.27. The van der Waals surface area contributed by atoms with Crippen LogP contribution in [-0.2, 0) is 0 Å². The minimum Gasteiger partial charge on any atom is -0.352 e. The molecule has 38 heavy (non-hydrogen) atoms. The normalized spacial score (nSPS) is 12.1. The Morgan fingerprint density at radius 2 is 1.71 bits per heavy atom. The first-order chi connectivity index (χ1) is 18.0. The molecule has 4 rings (SSSR count). The van der Waals surface area contributed by atoms with Gasteiger partial charge < -0.3 is 5.32 Å². The van der Waals surface area contributed by atoms with Gasteiger partial charge in [-0.2, -0.15) is 0 Å². The van der Waals surface area contributed by atoms with E-state index < -0.39 is 16.6 Å². The summed E-state index contributed by atoms with van der Waals surface area (Å²) in [5.74, 6) is -0.582. The van der Waals surface area contributed by atoms with Crippen LogP contribution in [0.15, 0.2) is 70.6 Å². The predicted octanol–water partition coefficient (Wildman–Crippen LogP) is 5.89. The Labute approximate surface area is 225 Å². The van der Waals surface area contributed by atoms with Gasteiger partial charge in [-0.1, -0.05) is 43.8 Å². The first kappa shape index (κ1) is 27.3. The second kappa shape index (κ2) is 11.3. The Morgan fingerprint density at radius 3 is 2.39 bits per heavy atom. The monoisotopic (exact) mass is 531 g/mol. The fourth-order valence-electron chi connectivity index (χ4n) is 3.97. The summed E-state index contributed by atoms with van der Waals surface area (Å²) >= 11 is 1.12. The van der Waals surface area contributed by atoms with Gasteiger partial charge in [-0.05, 0) is 80.3 Å². The topological polar surface area (TPSA) is 81.1 Å². The highest BCUT2D eigenvalue weighted by molar-refractivity contribution is 8.00. The zero-order chi connectivity index (χ0) is 27.6. The van der Waals surface area contributed by atoms with E-state index in [1.165, 1.54) is 22.8 Å². The van der Waals surface area contributed by atoms with Gasteiger partial charge >= 0.3 is 0 Å². The fourth-order valence-corrected chi connectivity index (χ4v) is 4.97. The smallest absolute Gasteiger partial charge is 0.266 e. The standard InChI is InChI=1S/C30H30FN3O3S/c1-17(2)16-32-28(36)22-11-12-25-26(14-22)33-30(34(29(25)37)24-8-6-7-23(31)15-24)38-20(5)27(35)21-10-9-18(3)19(4)13-21/h6-15,17,20H,16H2,1-5H3,(H,32,36)/t20-/m1/s1. The van der Waals surface area contributed by atoms with Gasteiger partial charge in [0.2, 0.25) is 0 Å². The number of carbonyl (C=O) groups is 2. The Kier molecular flexibility index (Phi) is 8.11. The van der Waals surface area contributed by atoms with Crippen molar-refractivity contribution < 1.29 is 14.0 Å². The Hall–Kier alpha value is -3.78. The molecule has 0 radical (unpaired) electrons. The van der Waals surface area contributed by atoms with E-state index in [0.717, 1.165) is 22.9 Å². The highest BCUT2D eigenvalue weighted by Crippen LogP contribution is 2.28. The average Bonchev–Trinajstić information content (AvgIpc) is 2.88. The summed E-state index contributed by atoms with van der Waals surface area (Å²) in [4.78, 5) is 44.3. The van der Waals surface area contributed by atoms with Crippen LogP contribution in [-0.4, -0.2) is 33.0 Å². The van der Waals surface area contributed by atoms with Crippen molar-refractivity contribution in [1.82, 2.24) is 14.9 Å². The van der Waals surface area contributed by atoms with E-state index in [-0.39, 0.29) is 28.2 Å². The average molecular weight is 532 g/mol. The van der Waals surface area contributed by atoms with Crippen molar-refractivity contribution in [2.24, 2.45) is 5.92 Å². The summed E-state index contributed by atoms with van der Waals surface area (Å²) in [5, 5.41) is 2.80. The molecule has 0 aliphatic rings. The molecule has 0 saturated carbocycles. The van der Waals surface area contributed by atoms with Crippen LogP contribution in [0, 0.1) is 25.6 Å². The number of carbonyl (C=O) groups excluding carboxylic acids is 2. The molecule has 1 atom stereocenters.